The number of unbranched alkanes of at least 4 members (excludes halogenated alkanes) is 24. The second-order valence-corrected chi connectivity index (χ2v) is 21.7. The highest BCUT2D eigenvalue weighted by atomic mass is 31.2. The Hall–Kier alpha value is -2.58. The van der Waals surface area contributed by atoms with Gasteiger partial charge in [-0.15, -0.1) is 0 Å². The third-order valence-electron chi connectivity index (χ3n) is 12.3. The van der Waals surface area contributed by atoms with E-state index >= 15 is 0 Å². The van der Waals surface area contributed by atoms with E-state index in [0.717, 1.165) is 77.0 Å². The van der Waals surface area contributed by atoms with Gasteiger partial charge < -0.3 is 19.8 Å². The number of hydrogen-bond donors (Lipinski definition) is 3. The third-order valence-corrected chi connectivity index (χ3v) is 13.3. The Morgan fingerprint density at radius 1 is 0.500 bits per heavy atom. The lowest BCUT2D eigenvalue weighted by Crippen LogP contribution is -2.45. The molecule has 0 aliphatic rings. The number of hydrogen-bond acceptors (Lipinski definition) is 5. The van der Waals surface area contributed by atoms with Gasteiger partial charge in [-0.2, -0.15) is 0 Å². The lowest BCUT2D eigenvalue weighted by atomic mass is 10.0. The molecule has 0 saturated carbocycles. The molecule has 0 radical (unpaired) electrons. The van der Waals surface area contributed by atoms with Crippen LogP contribution in [0, 0.1) is 0 Å². The van der Waals surface area contributed by atoms with Crippen LogP contribution in [0.25, 0.3) is 0 Å². The molecular formula is C61H110N2O6P+. The van der Waals surface area contributed by atoms with E-state index in [9.17, 15) is 19.4 Å². The maximum Gasteiger partial charge on any atom is 0.472 e. The first-order chi connectivity index (χ1) is 34.0. The van der Waals surface area contributed by atoms with E-state index in [1.165, 1.54) is 135 Å². The molecule has 0 aliphatic carbocycles. The summed E-state index contributed by atoms with van der Waals surface area (Å²) in [6, 6.07) is -0.865. The predicted octanol–water partition coefficient (Wildman–Crippen LogP) is 17.4. The number of nitrogens with zero attached hydrogens (tertiary/aromatic N) is 1. The van der Waals surface area contributed by atoms with Gasteiger partial charge in [0.1, 0.15) is 13.2 Å². The second kappa shape index (κ2) is 51.3. The number of aliphatic hydroxyl groups is 1. The van der Waals surface area contributed by atoms with E-state index in [1.54, 1.807) is 6.08 Å². The van der Waals surface area contributed by atoms with Crippen LogP contribution in [-0.2, 0) is 18.4 Å². The Morgan fingerprint density at radius 2 is 0.871 bits per heavy atom. The molecule has 70 heavy (non-hydrogen) atoms. The highest BCUT2D eigenvalue weighted by Crippen LogP contribution is 2.43. The van der Waals surface area contributed by atoms with Crippen LogP contribution in [0.3, 0.4) is 0 Å². The molecule has 404 valence electrons. The number of nitrogens with one attached hydrogen (secondary N) is 1. The largest absolute Gasteiger partial charge is 0.472 e. The highest BCUT2D eigenvalue weighted by Gasteiger charge is 2.27. The van der Waals surface area contributed by atoms with E-state index < -0.39 is 20.0 Å². The molecule has 0 aromatic carbocycles. The average Bonchev–Trinajstić information content (AvgIpc) is 3.32. The fourth-order valence-electron chi connectivity index (χ4n) is 7.83. The second-order valence-electron chi connectivity index (χ2n) is 20.3. The highest BCUT2D eigenvalue weighted by molar-refractivity contribution is 7.47. The van der Waals surface area contributed by atoms with Gasteiger partial charge in [-0.3, -0.25) is 13.8 Å². The quantitative estimate of drug-likeness (QED) is 0.0243. The van der Waals surface area contributed by atoms with Crippen molar-refractivity contribution < 1.29 is 32.9 Å². The van der Waals surface area contributed by atoms with Crippen LogP contribution in [0.15, 0.2) is 97.2 Å². The number of carbonyl (C=O) groups is 1. The van der Waals surface area contributed by atoms with Crippen LogP contribution < -0.4 is 5.32 Å². The summed E-state index contributed by atoms with van der Waals surface area (Å²) in [5.74, 6) is -0.190. The average molecular weight is 999 g/mol. The van der Waals surface area contributed by atoms with Crippen molar-refractivity contribution in [1.29, 1.82) is 0 Å². The van der Waals surface area contributed by atoms with Gasteiger partial charge >= 0.3 is 7.82 Å². The Morgan fingerprint density at radius 3 is 1.31 bits per heavy atom. The Balaban J connectivity index is 3.97. The lowest BCUT2D eigenvalue weighted by molar-refractivity contribution is -0.870. The summed E-state index contributed by atoms with van der Waals surface area (Å²) in [4.78, 5) is 23.2. The van der Waals surface area contributed by atoms with E-state index in [4.69, 9.17) is 9.05 Å². The lowest BCUT2D eigenvalue weighted by Gasteiger charge is -2.25. The summed E-state index contributed by atoms with van der Waals surface area (Å²) < 4.78 is 23.6. The number of quaternary nitrogens is 1. The Bertz CT molecular complexity index is 1460. The van der Waals surface area contributed by atoms with Crippen LogP contribution in [0.2, 0.25) is 0 Å². The molecule has 0 aliphatic heterocycles. The summed E-state index contributed by atoms with van der Waals surface area (Å²) in [6.07, 6.45) is 73.9. The van der Waals surface area contributed by atoms with Crippen LogP contribution >= 0.6 is 7.82 Å². The maximum atomic E-state index is 12.9. The number of phosphoric acid groups is 1. The molecule has 0 rings (SSSR count). The van der Waals surface area contributed by atoms with Crippen molar-refractivity contribution in [1.82, 2.24) is 5.32 Å². The normalized spacial score (nSPS) is 14.7. The number of rotatable bonds is 51. The standard InChI is InChI=1S/C61H109N2O6P/c1-6-8-10-12-14-16-18-19-20-21-22-23-24-25-26-27-28-29-30-31-32-33-34-35-36-37-38-39-40-41-42-43-45-47-49-51-53-55-61(65)62-59(58-69-70(66,67)68-57-56-63(3,4)5)60(64)54-52-50-48-46-44-17-15-13-11-9-7-2/h8,10,14,16,19-20,22-23,25-26,28-29,44,46,52,54,59-60,64H,6-7,9,11-13,15,17-18,21,24,27,30-43,45,47-51,53,55-58H2,1-5H3,(H-,62,65,66,67)/p+1/b10-8-,16-14-,20-19-,23-22-,26-25-,29-28-,46-44+,54-52+. The van der Waals surface area contributed by atoms with Crippen molar-refractivity contribution in [3.63, 3.8) is 0 Å². The number of likely N-dealkylation sites (N-methyl/N-ethyl adjacent to an activating group) is 1. The first kappa shape index (κ1) is 67.4. The number of aliphatic hydroxyl groups excluding tert-OH is 1. The molecule has 9 heteroatoms. The van der Waals surface area contributed by atoms with E-state index in [-0.39, 0.29) is 19.1 Å². The molecule has 8 nitrogen and oxygen atoms in total. The SMILES string of the molecule is CC/C=C\C/C=C\C/C=C\C/C=C\C/C=C\C/C=C\CCCCCCCCCCCCCCCCCCCCC(=O)NC(COP(=O)(O)OCC[N+](C)(C)C)C(O)/C=C/CC/C=C/CCCCCCC. The van der Waals surface area contributed by atoms with Crippen molar-refractivity contribution in [2.24, 2.45) is 0 Å². The van der Waals surface area contributed by atoms with Crippen LogP contribution in [0.1, 0.15) is 232 Å². The van der Waals surface area contributed by atoms with Crippen molar-refractivity contribution in [3.05, 3.63) is 97.2 Å². The zero-order chi connectivity index (χ0) is 51.3. The van der Waals surface area contributed by atoms with Gasteiger partial charge in [0.2, 0.25) is 5.91 Å². The maximum absolute atomic E-state index is 12.9. The fraction of sp³-hybridized carbons (Fsp3) is 0.721. The number of carbonyl (C=O) groups excluding carboxylic acids is 1. The number of amides is 1. The van der Waals surface area contributed by atoms with E-state index in [2.05, 4.69) is 104 Å². The minimum absolute atomic E-state index is 0.0537. The topological polar surface area (TPSA) is 105 Å². The summed E-state index contributed by atoms with van der Waals surface area (Å²) in [5, 5.41) is 13.8. The Labute approximate surface area is 432 Å². The van der Waals surface area contributed by atoms with Crippen molar-refractivity contribution >= 4 is 13.7 Å². The molecule has 0 spiro atoms. The van der Waals surface area contributed by atoms with Crippen molar-refractivity contribution in [3.8, 4) is 0 Å². The van der Waals surface area contributed by atoms with Crippen LogP contribution in [0.5, 0.6) is 0 Å². The van der Waals surface area contributed by atoms with Gasteiger partial charge in [0.05, 0.1) is 39.9 Å². The van der Waals surface area contributed by atoms with Gasteiger partial charge in [0.25, 0.3) is 0 Å². The molecule has 0 aromatic heterocycles. The van der Waals surface area contributed by atoms with E-state index in [0.29, 0.717) is 17.4 Å². The van der Waals surface area contributed by atoms with Gasteiger partial charge in [-0.1, -0.05) is 239 Å². The summed E-state index contributed by atoms with van der Waals surface area (Å²) >= 11 is 0. The first-order valence-corrected chi connectivity index (χ1v) is 30.1. The molecule has 3 unspecified atom stereocenters. The summed E-state index contributed by atoms with van der Waals surface area (Å²) in [5.41, 5.74) is 0. The number of allylic oxidation sites excluding steroid dienone is 15. The van der Waals surface area contributed by atoms with Gasteiger partial charge in [-0.25, -0.2) is 4.57 Å². The molecule has 0 fully saturated rings. The monoisotopic (exact) mass is 998 g/mol. The van der Waals surface area contributed by atoms with Crippen LogP contribution in [-0.4, -0.2) is 73.4 Å². The minimum Gasteiger partial charge on any atom is -0.387 e. The number of phosphoric ester groups is 1. The fourth-order valence-corrected chi connectivity index (χ4v) is 8.56. The van der Waals surface area contributed by atoms with Crippen molar-refractivity contribution in [2.75, 3.05) is 40.9 Å². The molecule has 0 saturated heterocycles. The molecule has 0 heterocycles. The molecule has 0 bridgehead atoms. The zero-order valence-electron chi connectivity index (χ0n) is 46.0. The van der Waals surface area contributed by atoms with Gasteiger partial charge in [-0.05, 0) is 83.5 Å². The minimum atomic E-state index is -4.35. The first-order valence-electron chi connectivity index (χ1n) is 28.6. The third kappa shape index (κ3) is 53.2. The summed E-state index contributed by atoms with van der Waals surface area (Å²) in [7, 11) is 1.55. The molecular weight excluding hydrogens is 888 g/mol. The zero-order valence-corrected chi connectivity index (χ0v) is 46.9. The Kier molecular flexibility index (Phi) is 49.4. The molecule has 1 amide bonds. The van der Waals surface area contributed by atoms with Crippen LogP contribution in [0.4, 0.5) is 0 Å². The van der Waals surface area contributed by atoms with Gasteiger partial charge in [0, 0.05) is 6.42 Å². The molecule has 0 aromatic rings. The smallest absolute Gasteiger partial charge is 0.387 e. The summed E-state index contributed by atoms with van der Waals surface area (Å²) in [6.45, 7) is 4.65. The molecule has 3 N–H and O–H groups in total. The predicted molar refractivity (Wildman–Crippen MR) is 304 cm³/mol. The molecule has 3 atom stereocenters. The van der Waals surface area contributed by atoms with E-state index in [1.807, 2.05) is 27.2 Å². The van der Waals surface area contributed by atoms with Crippen molar-refractivity contribution in [2.45, 2.75) is 244 Å². The van der Waals surface area contributed by atoms with Gasteiger partial charge in [0.15, 0.2) is 0 Å².